The topological polar surface area (TPSA) is 123 Å². The molecule has 3 amide bonds. The molecule has 0 spiro atoms. The summed E-state index contributed by atoms with van der Waals surface area (Å²) in [6.07, 6.45) is 6.94. The van der Waals surface area contributed by atoms with Crippen molar-refractivity contribution in [3.8, 4) is 0 Å². The first kappa shape index (κ1) is 23.5. The fourth-order valence-corrected chi connectivity index (χ4v) is 3.59. The van der Waals surface area contributed by atoms with E-state index >= 15 is 0 Å². The smallest absolute Gasteiger partial charge is 0.313 e. The lowest BCUT2D eigenvalue weighted by Crippen LogP contribution is -2.41. The third-order valence-corrected chi connectivity index (χ3v) is 5.31. The number of nitrogens with zero attached hydrogens (tertiary/aromatic N) is 1. The number of allylic oxidation sites excluding steroid dienone is 1. The Balaban J connectivity index is 1.31. The minimum absolute atomic E-state index is 0.198. The quantitative estimate of drug-likeness (QED) is 0.455. The standard InChI is InChI=1S/C26H24N4O5/c1-34-22-13-20(10-11-21(22)23-15-27-16-35-23)30-26(33)25(32)29-19-9-5-6-17(12-19)14-28-24(31)18-7-3-2-4-8-18/h2-9,11-13,15-16,20H,10,14H2,1H3,(H,28,31)(H,29,32)(H,30,33). The Morgan fingerprint density at radius 2 is 1.91 bits per heavy atom. The first-order valence-electron chi connectivity index (χ1n) is 10.9. The number of amides is 3. The highest BCUT2D eigenvalue weighted by Crippen LogP contribution is 2.28. The minimum Gasteiger partial charge on any atom is -0.496 e. The van der Waals surface area contributed by atoms with Gasteiger partial charge in [0.2, 0.25) is 0 Å². The highest BCUT2D eigenvalue weighted by atomic mass is 16.5. The van der Waals surface area contributed by atoms with Crippen LogP contribution in [0.2, 0.25) is 0 Å². The summed E-state index contributed by atoms with van der Waals surface area (Å²) in [7, 11) is 1.52. The van der Waals surface area contributed by atoms with E-state index in [1.165, 1.54) is 13.5 Å². The molecule has 3 aromatic rings. The van der Waals surface area contributed by atoms with E-state index in [1.54, 1.807) is 54.7 Å². The molecule has 0 bridgehead atoms. The number of aromatic nitrogens is 1. The third-order valence-electron chi connectivity index (χ3n) is 5.31. The van der Waals surface area contributed by atoms with Crippen LogP contribution in [0.15, 0.2) is 89.5 Å². The summed E-state index contributed by atoms with van der Waals surface area (Å²) in [5.41, 5.74) is 2.51. The monoisotopic (exact) mass is 472 g/mol. The lowest BCUT2D eigenvalue weighted by atomic mass is 9.99. The molecule has 0 fully saturated rings. The zero-order valence-electron chi connectivity index (χ0n) is 19.0. The van der Waals surface area contributed by atoms with Crippen LogP contribution in [-0.2, 0) is 20.9 Å². The minimum atomic E-state index is -0.798. The van der Waals surface area contributed by atoms with Crippen LogP contribution < -0.4 is 16.0 Å². The van der Waals surface area contributed by atoms with Gasteiger partial charge in [0.25, 0.3) is 5.91 Å². The van der Waals surface area contributed by atoms with Crippen LogP contribution >= 0.6 is 0 Å². The van der Waals surface area contributed by atoms with Gasteiger partial charge in [-0.15, -0.1) is 0 Å². The summed E-state index contributed by atoms with van der Waals surface area (Å²) in [4.78, 5) is 41.1. The Morgan fingerprint density at radius 3 is 2.66 bits per heavy atom. The van der Waals surface area contributed by atoms with E-state index < -0.39 is 17.9 Å². The number of hydrogen-bond acceptors (Lipinski definition) is 6. The summed E-state index contributed by atoms with van der Waals surface area (Å²) >= 11 is 0. The van der Waals surface area contributed by atoms with Crippen molar-refractivity contribution in [2.24, 2.45) is 0 Å². The molecule has 3 N–H and O–H groups in total. The number of rotatable bonds is 7. The molecule has 1 aliphatic rings. The second-order valence-corrected chi connectivity index (χ2v) is 7.74. The lowest BCUT2D eigenvalue weighted by molar-refractivity contribution is -0.136. The zero-order valence-corrected chi connectivity index (χ0v) is 19.0. The maximum atomic E-state index is 12.5. The second-order valence-electron chi connectivity index (χ2n) is 7.74. The van der Waals surface area contributed by atoms with Crippen molar-refractivity contribution >= 4 is 29.0 Å². The molecular weight excluding hydrogens is 448 g/mol. The van der Waals surface area contributed by atoms with E-state index in [1.807, 2.05) is 18.2 Å². The predicted molar refractivity (Wildman–Crippen MR) is 129 cm³/mol. The fraction of sp³-hybridized carbons (Fsp3) is 0.154. The van der Waals surface area contributed by atoms with E-state index in [9.17, 15) is 14.4 Å². The van der Waals surface area contributed by atoms with Crippen molar-refractivity contribution in [1.82, 2.24) is 15.6 Å². The molecule has 178 valence electrons. The SMILES string of the molecule is COC1=CC(NC(=O)C(=O)Nc2cccc(CNC(=O)c3ccccc3)c2)CC=C1c1cnco1. The molecule has 0 radical (unpaired) electrons. The van der Waals surface area contributed by atoms with Crippen LogP contribution in [0.25, 0.3) is 5.57 Å². The van der Waals surface area contributed by atoms with Gasteiger partial charge in [0, 0.05) is 17.8 Å². The van der Waals surface area contributed by atoms with E-state index in [-0.39, 0.29) is 12.5 Å². The first-order valence-corrected chi connectivity index (χ1v) is 10.9. The molecular formula is C26H24N4O5. The third kappa shape index (κ3) is 6.02. The van der Waals surface area contributed by atoms with E-state index in [2.05, 4.69) is 20.9 Å². The van der Waals surface area contributed by atoms with E-state index in [4.69, 9.17) is 9.15 Å². The molecule has 35 heavy (non-hydrogen) atoms. The van der Waals surface area contributed by atoms with Gasteiger partial charge in [-0.25, -0.2) is 4.98 Å². The molecule has 9 nitrogen and oxygen atoms in total. The van der Waals surface area contributed by atoms with Gasteiger partial charge in [-0.2, -0.15) is 0 Å². The first-order chi connectivity index (χ1) is 17.0. The molecule has 0 saturated heterocycles. The lowest BCUT2D eigenvalue weighted by Gasteiger charge is -2.20. The van der Waals surface area contributed by atoms with Gasteiger partial charge >= 0.3 is 11.8 Å². The largest absolute Gasteiger partial charge is 0.496 e. The average Bonchev–Trinajstić information content (AvgIpc) is 3.42. The molecule has 2 aromatic carbocycles. The Bertz CT molecular complexity index is 1270. The van der Waals surface area contributed by atoms with Crippen molar-refractivity contribution in [3.63, 3.8) is 0 Å². The molecule has 1 heterocycles. The van der Waals surface area contributed by atoms with E-state index in [0.29, 0.717) is 29.2 Å². The van der Waals surface area contributed by atoms with Crippen LogP contribution in [0.4, 0.5) is 5.69 Å². The maximum Gasteiger partial charge on any atom is 0.313 e. The van der Waals surface area contributed by atoms with Gasteiger partial charge < -0.3 is 25.1 Å². The second kappa shape index (κ2) is 11.0. The molecule has 1 aliphatic carbocycles. The number of methoxy groups -OCH3 is 1. The average molecular weight is 473 g/mol. The number of carbonyl (C=O) groups excluding carboxylic acids is 3. The normalized spacial score (nSPS) is 14.8. The Hall–Kier alpha value is -4.66. The van der Waals surface area contributed by atoms with Gasteiger partial charge in [0.1, 0.15) is 5.76 Å². The fourth-order valence-electron chi connectivity index (χ4n) is 3.59. The van der Waals surface area contributed by atoms with Gasteiger partial charge in [0.15, 0.2) is 12.2 Å². The number of nitrogens with one attached hydrogen (secondary N) is 3. The van der Waals surface area contributed by atoms with Crippen molar-refractivity contribution in [2.45, 2.75) is 19.0 Å². The highest BCUT2D eigenvalue weighted by molar-refractivity contribution is 6.39. The maximum absolute atomic E-state index is 12.5. The van der Waals surface area contributed by atoms with Gasteiger partial charge in [-0.05, 0) is 42.3 Å². The number of anilines is 1. The van der Waals surface area contributed by atoms with Crippen molar-refractivity contribution in [3.05, 3.63) is 102 Å². The summed E-state index contributed by atoms with van der Waals surface area (Å²) in [6, 6.07) is 15.4. The van der Waals surface area contributed by atoms with Crippen LogP contribution in [-0.4, -0.2) is 35.9 Å². The van der Waals surface area contributed by atoms with E-state index in [0.717, 1.165) is 11.1 Å². The molecule has 0 aliphatic heterocycles. The molecule has 1 aromatic heterocycles. The van der Waals surface area contributed by atoms with Crippen LogP contribution in [0.5, 0.6) is 0 Å². The highest BCUT2D eigenvalue weighted by Gasteiger charge is 2.23. The van der Waals surface area contributed by atoms with Crippen molar-refractivity contribution < 1.29 is 23.5 Å². The number of benzene rings is 2. The molecule has 4 rings (SSSR count). The molecule has 0 saturated carbocycles. The summed E-state index contributed by atoms with van der Waals surface area (Å²) in [5, 5.41) is 8.11. The molecule has 1 atom stereocenters. The van der Waals surface area contributed by atoms with Gasteiger partial charge in [-0.3, -0.25) is 14.4 Å². The summed E-state index contributed by atoms with van der Waals surface area (Å²) in [6.45, 7) is 0.274. The predicted octanol–water partition coefficient (Wildman–Crippen LogP) is 3.05. The number of ether oxygens (including phenoxy) is 1. The van der Waals surface area contributed by atoms with Crippen LogP contribution in [0, 0.1) is 0 Å². The van der Waals surface area contributed by atoms with Gasteiger partial charge in [0.05, 0.1) is 24.9 Å². The Kier molecular flexibility index (Phi) is 7.37. The summed E-state index contributed by atoms with van der Waals surface area (Å²) < 4.78 is 10.7. The number of hydrogen-bond donors (Lipinski definition) is 3. The van der Waals surface area contributed by atoms with Crippen molar-refractivity contribution in [2.75, 3.05) is 12.4 Å². The zero-order chi connectivity index (χ0) is 24.6. The van der Waals surface area contributed by atoms with Gasteiger partial charge in [-0.1, -0.05) is 36.4 Å². The van der Waals surface area contributed by atoms with Crippen LogP contribution in [0.3, 0.4) is 0 Å². The Labute approximate surface area is 201 Å². The van der Waals surface area contributed by atoms with Crippen molar-refractivity contribution in [1.29, 1.82) is 0 Å². The number of carbonyl (C=O) groups is 3. The summed E-state index contributed by atoms with van der Waals surface area (Å²) in [5.74, 6) is -0.700. The number of oxazole rings is 1. The Morgan fingerprint density at radius 1 is 1.09 bits per heavy atom. The molecule has 9 heteroatoms. The molecule has 1 unspecified atom stereocenters. The van der Waals surface area contributed by atoms with Crippen LogP contribution in [0.1, 0.15) is 28.1 Å².